The van der Waals surface area contributed by atoms with Gasteiger partial charge in [-0.1, -0.05) is 40.2 Å². The molecule has 0 saturated carbocycles. The van der Waals surface area contributed by atoms with Gasteiger partial charge in [-0.2, -0.15) is 0 Å². The molecule has 1 heterocycles. The lowest BCUT2D eigenvalue weighted by atomic mass is 10.1. The van der Waals surface area contributed by atoms with E-state index in [0.29, 0.717) is 0 Å². The van der Waals surface area contributed by atoms with Crippen molar-refractivity contribution in [3.05, 3.63) is 57.6 Å². The van der Waals surface area contributed by atoms with E-state index in [1.807, 2.05) is 12.1 Å². The summed E-state index contributed by atoms with van der Waals surface area (Å²) in [5, 5.41) is 3.50. The second-order valence-corrected chi connectivity index (χ2v) is 7.56. The van der Waals surface area contributed by atoms with Crippen molar-refractivity contribution in [3.63, 3.8) is 0 Å². The quantitative estimate of drug-likeness (QED) is 0.690. The van der Waals surface area contributed by atoms with Crippen LogP contribution >= 0.6 is 15.9 Å². The van der Waals surface area contributed by atoms with Crippen molar-refractivity contribution in [2.45, 2.75) is 32.5 Å². The lowest BCUT2D eigenvalue weighted by Crippen LogP contribution is -2.18. The van der Waals surface area contributed by atoms with E-state index in [1.165, 1.54) is 37.1 Å². The second kappa shape index (κ2) is 9.40. The Kier molecular flexibility index (Phi) is 6.94. The first-order chi connectivity index (χ1) is 12.7. The number of nitrogens with zero attached hydrogens (tertiary/aromatic N) is 1. The van der Waals surface area contributed by atoms with Crippen LogP contribution in [0.15, 0.2) is 40.9 Å². The number of rotatable bonds is 8. The normalized spacial score (nSPS) is 14.6. The van der Waals surface area contributed by atoms with Gasteiger partial charge < -0.3 is 14.8 Å². The Hall–Kier alpha value is -1.56. The fraction of sp³-hybridized carbons (Fsp3) is 0.429. The summed E-state index contributed by atoms with van der Waals surface area (Å²) in [6.07, 6.45) is 2.68. The molecule has 3 rings (SSSR count). The second-order valence-electron chi connectivity index (χ2n) is 6.70. The zero-order valence-electron chi connectivity index (χ0n) is 15.6. The fourth-order valence-electron chi connectivity index (χ4n) is 3.33. The van der Waals surface area contributed by atoms with Crippen LogP contribution in [0.2, 0.25) is 0 Å². The van der Waals surface area contributed by atoms with Gasteiger partial charge in [-0.25, -0.2) is 0 Å². The van der Waals surface area contributed by atoms with Crippen molar-refractivity contribution in [3.8, 4) is 11.5 Å². The van der Waals surface area contributed by atoms with Gasteiger partial charge >= 0.3 is 0 Å². The zero-order valence-corrected chi connectivity index (χ0v) is 17.1. The summed E-state index contributed by atoms with van der Waals surface area (Å²) in [6.45, 7) is 5.15. The average molecular weight is 419 g/mol. The van der Waals surface area contributed by atoms with Crippen molar-refractivity contribution in [2.75, 3.05) is 27.3 Å². The maximum absolute atomic E-state index is 5.39. The average Bonchev–Trinajstić information content (AvgIpc) is 3.17. The third kappa shape index (κ3) is 5.00. The first-order valence-electron chi connectivity index (χ1n) is 9.11. The first-order valence-corrected chi connectivity index (χ1v) is 9.90. The molecule has 0 aromatic heterocycles. The highest BCUT2D eigenvalue weighted by Crippen LogP contribution is 2.33. The Morgan fingerprint density at radius 1 is 0.923 bits per heavy atom. The molecule has 2 aromatic rings. The Balaban J connectivity index is 1.53. The number of benzene rings is 2. The number of hydrogen-bond acceptors (Lipinski definition) is 4. The van der Waals surface area contributed by atoms with E-state index in [-0.39, 0.29) is 0 Å². The van der Waals surface area contributed by atoms with Gasteiger partial charge in [0.2, 0.25) is 0 Å². The number of methoxy groups -OCH3 is 2. The number of halogens is 1. The summed E-state index contributed by atoms with van der Waals surface area (Å²) >= 11 is 3.61. The minimum atomic E-state index is 0.733. The maximum atomic E-state index is 5.39. The van der Waals surface area contributed by atoms with E-state index in [9.17, 15) is 0 Å². The van der Waals surface area contributed by atoms with Crippen LogP contribution < -0.4 is 14.8 Å². The zero-order chi connectivity index (χ0) is 18.4. The molecule has 0 spiro atoms. The Bertz CT molecular complexity index is 713. The summed E-state index contributed by atoms with van der Waals surface area (Å²) in [6, 6.07) is 12.9. The van der Waals surface area contributed by atoms with Gasteiger partial charge in [-0.15, -0.1) is 0 Å². The molecule has 5 heteroatoms. The van der Waals surface area contributed by atoms with Crippen molar-refractivity contribution < 1.29 is 9.47 Å². The SMILES string of the molecule is COc1cc(Br)c(CNCc2ccc(CN3CCCC3)cc2)cc1OC. The van der Waals surface area contributed by atoms with Gasteiger partial charge in [-0.05, 0) is 54.8 Å². The predicted molar refractivity (Wildman–Crippen MR) is 109 cm³/mol. The minimum Gasteiger partial charge on any atom is -0.493 e. The lowest BCUT2D eigenvalue weighted by molar-refractivity contribution is 0.331. The third-order valence-electron chi connectivity index (χ3n) is 4.82. The summed E-state index contributed by atoms with van der Waals surface area (Å²) in [5.41, 5.74) is 3.85. The van der Waals surface area contributed by atoms with E-state index in [4.69, 9.17) is 9.47 Å². The number of ether oxygens (including phenoxy) is 2. The van der Waals surface area contributed by atoms with Crippen molar-refractivity contribution >= 4 is 15.9 Å². The summed E-state index contributed by atoms with van der Waals surface area (Å²) < 4.78 is 11.7. The molecule has 1 aliphatic rings. The van der Waals surface area contributed by atoms with Crippen LogP contribution in [-0.2, 0) is 19.6 Å². The Labute approximate surface area is 164 Å². The molecular formula is C21H27BrN2O2. The topological polar surface area (TPSA) is 33.7 Å². The minimum absolute atomic E-state index is 0.733. The van der Waals surface area contributed by atoms with Crippen LogP contribution in [0, 0.1) is 0 Å². The molecule has 0 amide bonds. The van der Waals surface area contributed by atoms with Crippen LogP contribution in [0.1, 0.15) is 29.5 Å². The van der Waals surface area contributed by atoms with Gasteiger partial charge in [0.1, 0.15) is 0 Å². The summed E-state index contributed by atoms with van der Waals surface area (Å²) in [4.78, 5) is 2.53. The molecule has 0 bridgehead atoms. The van der Waals surface area contributed by atoms with Gasteiger partial charge in [0.05, 0.1) is 14.2 Å². The molecule has 26 heavy (non-hydrogen) atoms. The molecule has 1 fully saturated rings. The molecular weight excluding hydrogens is 392 g/mol. The molecule has 140 valence electrons. The van der Waals surface area contributed by atoms with E-state index in [2.05, 4.69) is 50.4 Å². The van der Waals surface area contributed by atoms with Crippen LogP contribution in [0.5, 0.6) is 11.5 Å². The monoisotopic (exact) mass is 418 g/mol. The van der Waals surface area contributed by atoms with Crippen LogP contribution in [0.25, 0.3) is 0 Å². The van der Waals surface area contributed by atoms with Gasteiger partial charge in [0.25, 0.3) is 0 Å². The van der Waals surface area contributed by atoms with E-state index in [0.717, 1.165) is 41.2 Å². The standard InChI is InChI=1S/C21H27BrN2O2/c1-25-20-11-18(19(22)12-21(20)26-2)14-23-13-16-5-7-17(8-6-16)15-24-9-3-4-10-24/h5-8,11-12,23H,3-4,9-10,13-15H2,1-2H3. The lowest BCUT2D eigenvalue weighted by Gasteiger charge is -2.15. The van der Waals surface area contributed by atoms with Crippen molar-refractivity contribution in [1.82, 2.24) is 10.2 Å². The molecule has 0 radical (unpaired) electrons. The smallest absolute Gasteiger partial charge is 0.161 e. The summed E-state index contributed by atoms with van der Waals surface area (Å²) in [5.74, 6) is 1.48. The first kappa shape index (κ1) is 19.2. The number of hydrogen-bond donors (Lipinski definition) is 1. The van der Waals surface area contributed by atoms with Gasteiger partial charge in [-0.3, -0.25) is 4.90 Å². The third-order valence-corrected chi connectivity index (χ3v) is 5.56. The molecule has 4 nitrogen and oxygen atoms in total. The van der Waals surface area contributed by atoms with Gasteiger partial charge in [0, 0.05) is 24.1 Å². The van der Waals surface area contributed by atoms with E-state index < -0.39 is 0 Å². The number of likely N-dealkylation sites (tertiary alicyclic amines) is 1. The molecule has 1 aliphatic heterocycles. The molecule has 2 aromatic carbocycles. The summed E-state index contributed by atoms with van der Waals surface area (Å²) in [7, 11) is 3.31. The molecule has 1 N–H and O–H groups in total. The van der Waals surface area contributed by atoms with Crippen LogP contribution in [0.4, 0.5) is 0 Å². The fourth-order valence-corrected chi connectivity index (χ4v) is 3.80. The van der Waals surface area contributed by atoms with Crippen molar-refractivity contribution in [2.24, 2.45) is 0 Å². The largest absolute Gasteiger partial charge is 0.493 e. The Morgan fingerprint density at radius 2 is 1.54 bits per heavy atom. The van der Waals surface area contributed by atoms with E-state index >= 15 is 0 Å². The maximum Gasteiger partial charge on any atom is 0.161 e. The molecule has 0 aliphatic carbocycles. The molecule has 0 atom stereocenters. The highest BCUT2D eigenvalue weighted by molar-refractivity contribution is 9.10. The van der Waals surface area contributed by atoms with Gasteiger partial charge in [0.15, 0.2) is 11.5 Å². The van der Waals surface area contributed by atoms with E-state index in [1.54, 1.807) is 14.2 Å². The Morgan fingerprint density at radius 3 is 2.19 bits per heavy atom. The highest BCUT2D eigenvalue weighted by atomic mass is 79.9. The predicted octanol–water partition coefficient (Wildman–Crippen LogP) is 4.35. The van der Waals surface area contributed by atoms with Crippen LogP contribution in [0.3, 0.4) is 0 Å². The van der Waals surface area contributed by atoms with Crippen molar-refractivity contribution in [1.29, 1.82) is 0 Å². The number of nitrogens with one attached hydrogen (secondary N) is 1. The molecule has 1 saturated heterocycles. The highest BCUT2D eigenvalue weighted by Gasteiger charge is 2.12. The molecule has 0 unspecified atom stereocenters. The van der Waals surface area contributed by atoms with Crippen LogP contribution in [-0.4, -0.2) is 32.2 Å².